The highest BCUT2D eigenvalue weighted by molar-refractivity contribution is 5.67. The van der Waals surface area contributed by atoms with E-state index in [0.29, 0.717) is 5.76 Å². The first-order valence-corrected chi connectivity index (χ1v) is 3.63. The number of nitrogens with one attached hydrogen (secondary N) is 1. The fourth-order valence-corrected chi connectivity index (χ4v) is 0.209. The molecule has 0 radical (unpaired) electrons. The van der Waals surface area contributed by atoms with Gasteiger partial charge in [0.25, 0.3) is 0 Å². The summed E-state index contributed by atoms with van der Waals surface area (Å²) >= 11 is 0. The van der Waals surface area contributed by atoms with E-state index in [1.165, 1.54) is 13.5 Å². The highest BCUT2D eigenvalue weighted by Gasteiger charge is 1.93. The summed E-state index contributed by atoms with van der Waals surface area (Å²) < 4.78 is 4.45. The summed E-state index contributed by atoms with van der Waals surface area (Å²) in [5.41, 5.74) is 0. The maximum atomic E-state index is 10.2. The summed E-state index contributed by atoms with van der Waals surface area (Å²) in [6.07, 6.45) is 0.775. The zero-order valence-corrected chi connectivity index (χ0v) is 7.73. The largest absolute Gasteiger partial charge is 0.416 e. The Hall–Kier alpha value is -0.990. The minimum atomic E-state index is -0.475. The van der Waals surface area contributed by atoms with Crippen molar-refractivity contribution < 1.29 is 9.53 Å². The molecule has 0 saturated heterocycles. The fraction of sp³-hybridized carbons (Fsp3) is 0.625. The molecule has 0 aliphatic carbocycles. The van der Waals surface area contributed by atoms with Crippen LogP contribution in [0.25, 0.3) is 0 Å². The van der Waals surface area contributed by atoms with Crippen molar-refractivity contribution in [3.63, 3.8) is 0 Å². The molecule has 0 atom stereocenters. The highest BCUT2D eigenvalue weighted by Crippen LogP contribution is 1.88. The molecule has 0 aromatic rings. The smallest absolute Gasteiger partial charge is 0.411 e. The normalized spacial score (nSPS) is 7.27. The second-order valence-corrected chi connectivity index (χ2v) is 2.05. The van der Waals surface area contributed by atoms with E-state index in [9.17, 15) is 4.79 Å². The lowest BCUT2D eigenvalue weighted by atomic mass is 10.6. The van der Waals surface area contributed by atoms with Gasteiger partial charge in [0.1, 0.15) is 0 Å². The van der Waals surface area contributed by atoms with Gasteiger partial charge in [0.15, 0.2) is 0 Å². The number of hydrogen-bond acceptors (Lipinski definition) is 2. The number of carbonyl (C=O) groups is 1. The number of ether oxygens (including phenoxy) is 1. The molecule has 1 amide bonds. The second-order valence-electron chi connectivity index (χ2n) is 2.05. The summed E-state index contributed by atoms with van der Waals surface area (Å²) in [5.74, 6) is 0.393. The molecule has 0 unspecified atom stereocenters. The van der Waals surface area contributed by atoms with Crippen LogP contribution in [0, 0.1) is 0 Å². The van der Waals surface area contributed by atoms with Gasteiger partial charge in [0.2, 0.25) is 0 Å². The van der Waals surface area contributed by atoms with Crippen molar-refractivity contribution in [3.8, 4) is 0 Å². The molecule has 66 valence electrons. The lowest BCUT2D eigenvalue weighted by Crippen LogP contribution is -2.17. The van der Waals surface area contributed by atoms with Crippen LogP contribution in [0.3, 0.4) is 0 Å². The number of rotatable bonds is 1. The third kappa shape index (κ3) is 17.6. The van der Waals surface area contributed by atoms with Gasteiger partial charge >= 0.3 is 6.09 Å². The Morgan fingerprint density at radius 2 is 1.91 bits per heavy atom. The van der Waals surface area contributed by atoms with Crippen LogP contribution in [0.4, 0.5) is 4.79 Å². The monoisotopic (exact) mass is 159 g/mol. The molecule has 0 fully saturated rings. The number of carbonyl (C=O) groups excluding carboxylic acids is 1. The van der Waals surface area contributed by atoms with Gasteiger partial charge in [-0.1, -0.05) is 26.8 Å². The fourth-order valence-electron chi connectivity index (χ4n) is 0.209. The molecular formula is C8H17NO2. The molecule has 3 nitrogen and oxygen atoms in total. The molecule has 0 aliphatic heterocycles. The third-order valence-corrected chi connectivity index (χ3v) is 0.471. The van der Waals surface area contributed by atoms with Crippen LogP contribution in [-0.2, 0) is 4.74 Å². The Morgan fingerprint density at radius 3 is 2.00 bits per heavy atom. The van der Waals surface area contributed by atoms with Gasteiger partial charge in [0.05, 0.1) is 5.76 Å². The lowest BCUT2D eigenvalue weighted by Gasteiger charge is -1.98. The third-order valence-electron chi connectivity index (χ3n) is 0.471. The maximum Gasteiger partial charge on any atom is 0.411 e. The molecule has 11 heavy (non-hydrogen) atoms. The van der Waals surface area contributed by atoms with Crippen LogP contribution in [0.5, 0.6) is 0 Å². The first-order chi connectivity index (χ1) is 5.08. The highest BCUT2D eigenvalue weighted by atomic mass is 16.6. The molecule has 0 rings (SSSR count). The molecule has 0 aromatic carbocycles. The molecule has 0 bridgehead atoms. The summed E-state index contributed by atoms with van der Waals surface area (Å²) in [5, 5.41) is 2.27. The van der Waals surface area contributed by atoms with E-state index >= 15 is 0 Å². The molecular weight excluding hydrogens is 142 g/mol. The predicted octanol–water partition coefficient (Wildman–Crippen LogP) is 2.29. The van der Waals surface area contributed by atoms with Gasteiger partial charge in [-0.25, -0.2) is 4.79 Å². The van der Waals surface area contributed by atoms with Crippen LogP contribution in [0.2, 0.25) is 0 Å². The lowest BCUT2D eigenvalue weighted by molar-refractivity contribution is 0.179. The van der Waals surface area contributed by atoms with E-state index in [1.54, 1.807) is 6.92 Å². The van der Waals surface area contributed by atoms with Crippen molar-refractivity contribution in [2.45, 2.75) is 27.2 Å². The van der Waals surface area contributed by atoms with Crippen LogP contribution >= 0.6 is 0 Å². The SMILES string of the molecule is C=C(C)OC(=O)NC.CCC. The Morgan fingerprint density at radius 1 is 1.55 bits per heavy atom. The number of allylic oxidation sites excluding steroid dienone is 1. The predicted molar refractivity (Wildman–Crippen MR) is 46.3 cm³/mol. The number of amides is 1. The average molecular weight is 159 g/mol. The molecule has 0 aromatic heterocycles. The van der Waals surface area contributed by atoms with Gasteiger partial charge in [-0.05, 0) is 6.92 Å². The summed E-state index contributed by atoms with van der Waals surface area (Å²) in [7, 11) is 1.49. The molecule has 3 heteroatoms. The molecule has 0 spiro atoms. The van der Waals surface area contributed by atoms with E-state index < -0.39 is 6.09 Å². The van der Waals surface area contributed by atoms with Crippen LogP contribution < -0.4 is 5.32 Å². The summed E-state index contributed by atoms with van der Waals surface area (Å²) in [4.78, 5) is 10.2. The van der Waals surface area contributed by atoms with Crippen molar-refractivity contribution >= 4 is 6.09 Å². The zero-order valence-electron chi connectivity index (χ0n) is 7.73. The van der Waals surface area contributed by atoms with Crippen LogP contribution in [0.1, 0.15) is 27.2 Å². The van der Waals surface area contributed by atoms with E-state index in [-0.39, 0.29) is 0 Å². The van der Waals surface area contributed by atoms with Gasteiger partial charge < -0.3 is 10.1 Å². The molecule has 1 N–H and O–H groups in total. The minimum absolute atomic E-state index is 0.393. The van der Waals surface area contributed by atoms with E-state index in [2.05, 4.69) is 30.5 Å². The summed E-state index contributed by atoms with van der Waals surface area (Å²) in [6.45, 7) is 9.22. The minimum Gasteiger partial charge on any atom is -0.416 e. The molecule has 0 saturated carbocycles. The standard InChI is InChI=1S/C5H9NO2.C3H8/c1-4(2)8-5(7)6-3;1-3-2/h1H2,2-3H3,(H,6,7);3H2,1-2H3. The number of hydrogen-bond donors (Lipinski definition) is 1. The van der Waals surface area contributed by atoms with Gasteiger partial charge in [-0.15, -0.1) is 0 Å². The van der Waals surface area contributed by atoms with E-state index in [1.807, 2.05) is 0 Å². The Bertz CT molecular complexity index is 121. The quantitative estimate of drug-likeness (QED) is 0.596. The van der Waals surface area contributed by atoms with E-state index in [0.717, 1.165) is 0 Å². The second kappa shape index (κ2) is 9.01. The van der Waals surface area contributed by atoms with Crippen molar-refractivity contribution in [2.24, 2.45) is 0 Å². The Labute approximate surface area is 68.4 Å². The van der Waals surface area contributed by atoms with Crippen molar-refractivity contribution in [1.82, 2.24) is 5.32 Å². The van der Waals surface area contributed by atoms with Crippen molar-refractivity contribution in [2.75, 3.05) is 7.05 Å². The summed E-state index contributed by atoms with van der Waals surface area (Å²) in [6, 6.07) is 0. The van der Waals surface area contributed by atoms with E-state index in [4.69, 9.17) is 0 Å². The number of alkyl carbamates (subject to hydrolysis) is 1. The first-order valence-electron chi connectivity index (χ1n) is 3.63. The van der Waals surface area contributed by atoms with Gasteiger partial charge in [-0.2, -0.15) is 0 Å². The van der Waals surface area contributed by atoms with Gasteiger partial charge in [0, 0.05) is 7.05 Å². The maximum absolute atomic E-state index is 10.2. The Balaban J connectivity index is 0. The molecule has 0 heterocycles. The molecule has 0 aliphatic rings. The van der Waals surface area contributed by atoms with Crippen molar-refractivity contribution in [1.29, 1.82) is 0 Å². The van der Waals surface area contributed by atoms with Crippen molar-refractivity contribution in [3.05, 3.63) is 12.3 Å². The Kier molecular flexibility index (Phi) is 10.4. The average Bonchev–Trinajstić information content (AvgIpc) is 1.88. The van der Waals surface area contributed by atoms with Gasteiger partial charge in [-0.3, -0.25) is 0 Å². The first kappa shape index (κ1) is 12.7. The zero-order chi connectivity index (χ0) is 9.28. The van der Waals surface area contributed by atoms with Crippen LogP contribution in [0.15, 0.2) is 12.3 Å². The van der Waals surface area contributed by atoms with Crippen LogP contribution in [-0.4, -0.2) is 13.1 Å². The topological polar surface area (TPSA) is 38.3 Å².